The molecular weight excluding hydrogens is 518 g/mol. The first-order chi connectivity index (χ1) is 20.7. The van der Waals surface area contributed by atoms with Crippen molar-refractivity contribution in [1.29, 1.82) is 0 Å². The maximum atomic E-state index is 12.3. The van der Waals surface area contributed by atoms with Gasteiger partial charge in [-0.15, -0.1) is 0 Å². The van der Waals surface area contributed by atoms with Gasteiger partial charge >= 0.3 is 0 Å². The molecular formula is C38H77NO3. The summed E-state index contributed by atoms with van der Waals surface area (Å²) in [7, 11) is 0. The maximum Gasteiger partial charge on any atom is 0.220 e. The van der Waals surface area contributed by atoms with Gasteiger partial charge in [0.05, 0.1) is 18.8 Å². The molecule has 0 aromatic rings. The number of aliphatic hydroxyl groups is 2. The van der Waals surface area contributed by atoms with E-state index < -0.39 is 12.1 Å². The summed E-state index contributed by atoms with van der Waals surface area (Å²) < 4.78 is 0. The Morgan fingerprint density at radius 1 is 0.476 bits per heavy atom. The predicted octanol–water partition coefficient (Wildman–Crippen LogP) is 11.3. The van der Waals surface area contributed by atoms with E-state index in [-0.39, 0.29) is 12.5 Å². The molecule has 1 amide bonds. The van der Waals surface area contributed by atoms with Crippen LogP contribution in [0.1, 0.15) is 219 Å². The summed E-state index contributed by atoms with van der Waals surface area (Å²) in [6.07, 6.45) is 40.2. The van der Waals surface area contributed by atoms with E-state index in [0.29, 0.717) is 12.8 Å². The molecule has 3 N–H and O–H groups in total. The smallest absolute Gasteiger partial charge is 0.220 e. The summed E-state index contributed by atoms with van der Waals surface area (Å²) in [5.41, 5.74) is 0. The van der Waals surface area contributed by atoms with Crippen molar-refractivity contribution in [1.82, 2.24) is 5.32 Å². The quantitative estimate of drug-likeness (QED) is 0.0638. The van der Waals surface area contributed by atoms with Gasteiger partial charge in [-0.1, -0.05) is 200 Å². The van der Waals surface area contributed by atoms with Crippen molar-refractivity contribution >= 4 is 5.91 Å². The van der Waals surface area contributed by atoms with E-state index >= 15 is 0 Å². The molecule has 252 valence electrons. The first-order valence-corrected chi connectivity index (χ1v) is 19.2. The maximum absolute atomic E-state index is 12.3. The molecule has 0 aromatic heterocycles. The lowest BCUT2D eigenvalue weighted by molar-refractivity contribution is -0.123. The minimum absolute atomic E-state index is 0.0284. The zero-order valence-corrected chi connectivity index (χ0v) is 28.8. The fraction of sp³-hybridized carbons (Fsp3) is 0.974. The van der Waals surface area contributed by atoms with E-state index in [1.807, 2.05) is 0 Å². The summed E-state index contributed by atoms with van der Waals surface area (Å²) in [6.45, 7) is 4.36. The summed E-state index contributed by atoms with van der Waals surface area (Å²) in [5.74, 6) is -0.0284. The molecule has 0 unspecified atom stereocenters. The molecule has 4 nitrogen and oxygen atoms in total. The molecule has 0 heterocycles. The third-order valence-corrected chi connectivity index (χ3v) is 9.12. The van der Waals surface area contributed by atoms with Crippen LogP contribution in [-0.2, 0) is 4.79 Å². The van der Waals surface area contributed by atoms with Crippen LogP contribution in [0.4, 0.5) is 0 Å². The van der Waals surface area contributed by atoms with Gasteiger partial charge in [-0.05, 0) is 12.8 Å². The molecule has 0 aliphatic rings. The number of rotatable bonds is 35. The Morgan fingerprint density at radius 3 is 1.07 bits per heavy atom. The van der Waals surface area contributed by atoms with Gasteiger partial charge in [0, 0.05) is 6.42 Å². The molecule has 0 fully saturated rings. The Labute approximate surface area is 264 Å². The lowest BCUT2D eigenvalue weighted by Gasteiger charge is -2.22. The molecule has 0 aliphatic heterocycles. The van der Waals surface area contributed by atoms with Crippen molar-refractivity contribution in [3.05, 3.63) is 0 Å². The van der Waals surface area contributed by atoms with Crippen LogP contribution in [0.25, 0.3) is 0 Å². The van der Waals surface area contributed by atoms with Crippen molar-refractivity contribution in [2.45, 2.75) is 231 Å². The fourth-order valence-electron chi connectivity index (χ4n) is 6.13. The Kier molecular flexibility index (Phi) is 34.4. The number of unbranched alkanes of at least 4 members (excludes halogenated alkanes) is 28. The van der Waals surface area contributed by atoms with Gasteiger partial charge in [0.15, 0.2) is 0 Å². The van der Waals surface area contributed by atoms with Gasteiger partial charge in [-0.25, -0.2) is 0 Å². The summed E-state index contributed by atoms with van der Waals surface area (Å²) in [5, 5.41) is 23.0. The van der Waals surface area contributed by atoms with Crippen molar-refractivity contribution in [2.24, 2.45) is 0 Å². The van der Waals surface area contributed by atoms with Gasteiger partial charge in [-0.3, -0.25) is 4.79 Å². The van der Waals surface area contributed by atoms with Crippen LogP contribution in [0.5, 0.6) is 0 Å². The standard InChI is InChI=1S/C38H77NO3/c1-3-5-7-9-11-13-15-17-18-19-20-21-22-24-26-28-30-32-34-38(42)39-36(35-40)37(41)33-31-29-27-25-23-16-14-12-10-8-6-4-2/h36-37,40-41H,3-35H2,1-2H3,(H,39,42)/t36-,37+/m0/s1. The summed E-state index contributed by atoms with van der Waals surface area (Å²) >= 11 is 0. The topological polar surface area (TPSA) is 69.6 Å². The van der Waals surface area contributed by atoms with Crippen molar-refractivity contribution in [2.75, 3.05) is 6.61 Å². The van der Waals surface area contributed by atoms with Crippen LogP contribution in [0.15, 0.2) is 0 Å². The summed E-state index contributed by atoms with van der Waals surface area (Å²) in [4.78, 5) is 12.3. The SMILES string of the molecule is CCCCCCCCCCCCCCCCCCCCC(=O)N[C@@H](CO)[C@H](O)CCCCCCCCCCCCCC. The number of amides is 1. The highest BCUT2D eigenvalue weighted by Crippen LogP contribution is 2.16. The number of aliphatic hydroxyl groups excluding tert-OH is 2. The van der Waals surface area contributed by atoms with E-state index in [1.54, 1.807) is 0 Å². The Hall–Kier alpha value is -0.610. The number of hydrogen-bond donors (Lipinski definition) is 3. The highest BCUT2D eigenvalue weighted by molar-refractivity contribution is 5.76. The Morgan fingerprint density at radius 2 is 0.762 bits per heavy atom. The van der Waals surface area contributed by atoms with E-state index in [0.717, 1.165) is 25.7 Å². The van der Waals surface area contributed by atoms with Gasteiger partial charge in [-0.2, -0.15) is 0 Å². The molecule has 0 saturated heterocycles. The highest BCUT2D eigenvalue weighted by atomic mass is 16.3. The van der Waals surface area contributed by atoms with E-state index in [9.17, 15) is 15.0 Å². The largest absolute Gasteiger partial charge is 0.394 e. The van der Waals surface area contributed by atoms with Crippen LogP contribution in [0.3, 0.4) is 0 Å². The minimum Gasteiger partial charge on any atom is -0.394 e. The minimum atomic E-state index is -0.651. The van der Waals surface area contributed by atoms with Gasteiger partial charge in [0.2, 0.25) is 5.91 Å². The molecule has 0 aromatic carbocycles. The summed E-state index contributed by atoms with van der Waals surface area (Å²) in [6, 6.07) is -0.527. The zero-order chi connectivity index (χ0) is 30.8. The molecule has 0 spiro atoms. The molecule has 0 saturated carbocycles. The van der Waals surface area contributed by atoms with Crippen LogP contribution < -0.4 is 5.32 Å². The molecule has 0 radical (unpaired) electrons. The van der Waals surface area contributed by atoms with Crippen LogP contribution in [-0.4, -0.2) is 34.9 Å². The second-order valence-electron chi connectivity index (χ2n) is 13.4. The Balaban J connectivity index is 3.49. The third kappa shape index (κ3) is 30.8. The van der Waals surface area contributed by atoms with E-state index in [2.05, 4.69) is 19.2 Å². The highest BCUT2D eigenvalue weighted by Gasteiger charge is 2.19. The second-order valence-corrected chi connectivity index (χ2v) is 13.4. The lowest BCUT2D eigenvalue weighted by atomic mass is 10.0. The molecule has 4 heteroatoms. The van der Waals surface area contributed by atoms with Crippen LogP contribution in [0.2, 0.25) is 0 Å². The molecule has 0 aliphatic carbocycles. The number of hydrogen-bond acceptors (Lipinski definition) is 3. The molecule has 0 rings (SSSR count). The van der Waals surface area contributed by atoms with Crippen molar-refractivity contribution < 1.29 is 15.0 Å². The van der Waals surface area contributed by atoms with Crippen molar-refractivity contribution in [3.63, 3.8) is 0 Å². The Bertz CT molecular complexity index is 526. The normalized spacial score (nSPS) is 13.0. The molecule has 42 heavy (non-hydrogen) atoms. The fourth-order valence-corrected chi connectivity index (χ4v) is 6.13. The second kappa shape index (κ2) is 34.9. The predicted molar refractivity (Wildman–Crippen MR) is 184 cm³/mol. The first kappa shape index (κ1) is 41.4. The first-order valence-electron chi connectivity index (χ1n) is 19.2. The zero-order valence-electron chi connectivity index (χ0n) is 28.8. The lowest BCUT2D eigenvalue weighted by Crippen LogP contribution is -2.45. The van der Waals surface area contributed by atoms with E-state index in [4.69, 9.17) is 0 Å². The van der Waals surface area contributed by atoms with E-state index in [1.165, 1.54) is 167 Å². The van der Waals surface area contributed by atoms with Gasteiger partial charge < -0.3 is 15.5 Å². The van der Waals surface area contributed by atoms with Crippen LogP contribution in [0, 0.1) is 0 Å². The number of nitrogens with one attached hydrogen (secondary N) is 1. The van der Waals surface area contributed by atoms with Gasteiger partial charge in [0.1, 0.15) is 0 Å². The van der Waals surface area contributed by atoms with Crippen molar-refractivity contribution in [3.8, 4) is 0 Å². The molecule has 2 atom stereocenters. The average molecular weight is 596 g/mol. The third-order valence-electron chi connectivity index (χ3n) is 9.12. The average Bonchev–Trinajstić information content (AvgIpc) is 2.99. The monoisotopic (exact) mass is 596 g/mol. The molecule has 0 bridgehead atoms. The van der Waals surface area contributed by atoms with Crippen LogP contribution >= 0.6 is 0 Å². The number of carbonyl (C=O) groups excluding carboxylic acids is 1. The van der Waals surface area contributed by atoms with Gasteiger partial charge in [0.25, 0.3) is 0 Å². The number of carbonyl (C=O) groups is 1.